The van der Waals surface area contributed by atoms with E-state index in [1.165, 1.54) is 0 Å². The number of carbonyl (C=O) groups excluding carboxylic acids is 3. The van der Waals surface area contributed by atoms with Crippen LogP contribution < -0.4 is 15.4 Å². The molecule has 0 unspecified atom stereocenters. The molecule has 2 atom stereocenters. The zero-order chi connectivity index (χ0) is 21.3. The molecule has 2 aromatic carbocycles. The van der Waals surface area contributed by atoms with Crippen LogP contribution in [-0.4, -0.2) is 24.7 Å². The predicted molar refractivity (Wildman–Crippen MR) is 113 cm³/mol. The molecule has 2 amide bonds. The fourth-order valence-electron chi connectivity index (χ4n) is 4.16. The molecule has 1 aliphatic carbocycles. The average Bonchev–Trinajstić information content (AvgIpc) is 2.74. The predicted octanol–water partition coefficient (Wildman–Crippen LogP) is 3.48. The monoisotopic (exact) mass is 404 g/mol. The molecular formula is C24H24N2O4. The second-order valence-corrected chi connectivity index (χ2v) is 7.85. The van der Waals surface area contributed by atoms with Crippen LogP contribution in [0.5, 0.6) is 5.75 Å². The number of ether oxygens (including phenoxy) is 1. The Morgan fingerprint density at radius 1 is 1.00 bits per heavy atom. The van der Waals surface area contributed by atoms with E-state index in [1.54, 1.807) is 7.11 Å². The van der Waals surface area contributed by atoms with Crippen molar-refractivity contribution in [2.75, 3.05) is 12.4 Å². The Morgan fingerprint density at radius 3 is 2.37 bits per heavy atom. The smallest absolute Gasteiger partial charge is 0.232 e. The molecule has 0 bridgehead atoms. The number of aryl methyl sites for hydroxylation is 1. The number of hydrogen-bond donors (Lipinski definition) is 2. The van der Waals surface area contributed by atoms with Crippen LogP contribution in [0.25, 0.3) is 0 Å². The van der Waals surface area contributed by atoms with Gasteiger partial charge in [0.2, 0.25) is 11.8 Å². The number of hydrogen-bond acceptors (Lipinski definition) is 4. The van der Waals surface area contributed by atoms with Crippen LogP contribution in [0.3, 0.4) is 0 Å². The number of ketones is 1. The second kappa shape index (κ2) is 8.14. The molecule has 2 aromatic rings. The van der Waals surface area contributed by atoms with Crippen molar-refractivity contribution in [2.24, 2.45) is 5.92 Å². The third-order valence-electron chi connectivity index (χ3n) is 5.76. The molecule has 1 aliphatic heterocycles. The van der Waals surface area contributed by atoms with Crippen LogP contribution in [0.1, 0.15) is 36.3 Å². The molecule has 6 nitrogen and oxygen atoms in total. The summed E-state index contributed by atoms with van der Waals surface area (Å²) in [5.74, 6) is -0.695. The molecule has 0 aromatic heterocycles. The van der Waals surface area contributed by atoms with E-state index in [0.717, 1.165) is 16.9 Å². The average molecular weight is 404 g/mol. The zero-order valence-electron chi connectivity index (χ0n) is 17.0. The number of benzene rings is 2. The third-order valence-corrected chi connectivity index (χ3v) is 5.76. The summed E-state index contributed by atoms with van der Waals surface area (Å²) >= 11 is 0. The van der Waals surface area contributed by atoms with Crippen LogP contribution in [0, 0.1) is 12.8 Å². The summed E-state index contributed by atoms with van der Waals surface area (Å²) in [6.45, 7) is 1.97. The van der Waals surface area contributed by atoms with Gasteiger partial charge in [0.1, 0.15) is 5.75 Å². The molecule has 154 valence electrons. The van der Waals surface area contributed by atoms with Gasteiger partial charge < -0.3 is 15.4 Å². The molecular weight excluding hydrogens is 380 g/mol. The minimum Gasteiger partial charge on any atom is -0.497 e. The lowest BCUT2D eigenvalue weighted by atomic mass is 9.75. The maximum Gasteiger partial charge on any atom is 0.232 e. The van der Waals surface area contributed by atoms with E-state index < -0.39 is 5.92 Å². The largest absolute Gasteiger partial charge is 0.497 e. The van der Waals surface area contributed by atoms with Crippen molar-refractivity contribution >= 4 is 23.3 Å². The normalized spacial score (nSPS) is 21.0. The highest BCUT2D eigenvalue weighted by atomic mass is 16.5. The summed E-state index contributed by atoms with van der Waals surface area (Å²) in [5.41, 5.74) is 3.77. The number of nitrogens with one attached hydrogen (secondary N) is 2. The molecule has 4 rings (SSSR count). The molecule has 6 heteroatoms. The Balaban J connectivity index is 1.58. The lowest BCUT2D eigenvalue weighted by Gasteiger charge is -2.33. The van der Waals surface area contributed by atoms with Crippen molar-refractivity contribution in [1.82, 2.24) is 5.32 Å². The maximum atomic E-state index is 13.0. The highest BCUT2D eigenvalue weighted by molar-refractivity contribution is 6.09. The molecule has 0 saturated carbocycles. The van der Waals surface area contributed by atoms with E-state index in [-0.39, 0.29) is 29.9 Å². The summed E-state index contributed by atoms with van der Waals surface area (Å²) < 4.78 is 5.20. The van der Waals surface area contributed by atoms with Crippen LogP contribution in [-0.2, 0) is 14.4 Å². The number of Topliss-reactive ketones (excluding diaryl/α,β-unsaturated/α-hetero) is 1. The quantitative estimate of drug-likeness (QED) is 0.817. The lowest BCUT2D eigenvalue weighted by molar-refractivity contribution is -0.129. The Bertz CT molecular complexity index is 1020. The number of allylic oxidation sites excluding steroid dienone is 1. The van der Waals surface area contributed by atoms with E-state index in [2.05, 4.69) is 10.6 Å². The van der Waals surface area contributed by atoms with Gasteiger partial charge in [0.15, 0.2) is 5.78 Å². The van der Waals surface area contributed by atoms with Gasteiger partial charge in [-0.3, -0.25) is 14.4 Å². The molecule has 1 heterocycles. The van der Waals surface area contributed by atoms with Gasteiger partial charge in [0.25, 0.3) is 0 Å². The summed E-state index contributed by atoms with van der Waals surface area (Å²) in [4.78, 5) is 38.3. The molecule has 30 heavy (non-hydrogen) atoms. The van der Waals surface area contributed by atoms with Gasteiger partial charge in [-0.2, -0.15) is 0 Å². The first-order valence-electron chi connectivity index (χ1n) is 10.0. The first kappa shape index (κ1) is 19.9. The Morgan fingerprint density at radius 2 is 1.70 bits per heavy atom. The molecule has 0 radical (unpaired) electrons. The van der Waals surface area contributed by atoms with Crippen molar-refractivity contribution < 1.29 is 19.1 Å². The maximum absolute atomic E-state index is 13.0. The van der Waals surface area contributed by atoms with Crippen LogP contribution >= 0.6 is 0 Å². The van der Waals surface area contributed by atoms with E-state index >= 15 is 0 Å². The number of rotatable bonds is 4. The fraction of sp³-hybridized carbons (Fsp3) is 0.292. The standard InChI is InChI=1S/C24H24N2O4/c1-14-3-7-17(8-4-14)25-24(29)19-13-22(28)26-20-11-16(12-21(27)23(19)20)15-5-9-18(30-2)10-6-15/h3-10,16,19H,11-13H2,1-2H3,(H,25,29)(H,26,28)/t16-,19-/m0/s1. The minimum absolute atomic E-state index is 0.0184. The Kier molecular flexibility index (Phi) is 5.40. The van der Waals surface area contributed by atoms with Gasteiger partial charge in [-0.1, -0.05) is 29.8 Å². The van der Waals surface area contributed by atoms with E-state index in [4.69, 9.17) is 4.74 Å². The summed E-state index contributed by atoms with van der Waals surface area (Å²) in [5, 5.41) is 5.69. The van der Waals surface area contributed by atoms with Gasteiger partial charge in [-0.05, 0) is 49.1 Å². The lowest BCUT2D eigenvalue weighted by Crippen LogP contribution is -2.43. The summed E-state index contributed by atoms with van der Waals surface area (Å²) in [6.07, 6.45) is 0.818. The van der Waals surface area contributed by atoms with Crippen LogP contribution in [0.2, 0.25) is 0 Å². The SMILES string of the molecule is COc1ccc([C@@H]2CC(=O)C3=C(C2)NC(=O)C[C@@H]3C(=O)Nc2ccc(C)cc2)cc1. The van der Waals surface area contributed by atoms with Crippen LogP contribution in [0.15, 0.2) is 59.8 Å². The van der Waals surface area contributed by atoms with Gasteiger partial charge in [0.05, 0.1) is 13.0 Å². The third kappa shape index (κ3) is 3.99. The summed E-state index contributed by atoms with van der Waals surface area (Å²) in [6, 6.07) is 15.0. The minimum atomic E-state index is -0.764. The van der Waals surface area contributed by atoms with Gasteiger partial charge >= 0.3 is 0 Å². The van der Waals surface area contributed by atoms with Gasteiger partial charge in [-0.15, -0.1) is 0 Å². The zero-order valence-corrected chi connectivity index (χ0v) is 17.0. The van der Waals surface area contributed by atoms with Gasteiger partial charge in [-0.25, -0.2) is 0 Å². The van der Waals surface area contributed by atoms with Gasteiger partial charge in [0, 0.05) is 29.8 Å². The Labute approximate surface area is 175 Å². The van der Waals surface area contributed by atoms with Crippen LogP contribution in [0.4, 0.5) is 5.69 Å². The van der Waals surface area contributed by atoms with Crippen molar-refractivity contribution in [2.45, 2.75) is 32.1 Å². The number of amides is 2. The topological polar surface area (TPSA) is 84.5 Å². The number of anilines is 1. The summed E-state index contributed by atoms with van der Waals surface area (Å²) in [7, 11) is 1.61. The highest BCUT2D eigenvalue weighted by Gasteiger charge is 2.40. The molecule has 2 aliphatic rings. The molecule has 0 spiro atoms. The van der Waals surface area contributed by atoms with E-state index in [1.807, 2.05) is 55.5 Å². The van der Waals surface area contributed by atoms with E-state index in [9.17, 15) is 14.4 Å². The first-order valence-corrected chi connectivity index (χ1v) is 10.0. The molecule has 2 N–H and O–H groups in total. The molecule has 0 fully saturated rings. The van der Waals surface area contributed by atoms with Crippen molar-refractivity contribution in [3.63, 3.8) is 0 Å². The highest BCUT2D eigenvalue weighted by Crippen LogP contribution is 2.39. The van der Waals surface area contributed by atoms with Crippen molar-refractivity contribution in [3.05, 3.63) is 70.9 Å². The van der Waals surface area contributed by atoms with E-state index in [0.29, 0.717) is 29.8 Å². The molecule has 0 saturated heterocycles. The Hall–Kier alpha value is -3.41. The van der Waals surface area contributed by atoms with Crippen molar-refractivity contribution in [1.29, 1.82) is 0 Å². The van der Waals surface area contributed by atoms with Crippen molar-refractivity contribution in [3.8, 4) is 5.75 Å². The number of methoxy groups -OCH3 is 1. The fourth-order valence-corrected chi connectivity index (χ4v) is 4.16. The second-order valence-electron chi connectivity index (χ2n) is 7.85. The first-order chi connectivity index (χ1) is 14.4. The number of carbonyl (C=O) groups is 3.